The molecule has 0 heterocycles. The van der Waals surface area contributed by atoms with Crippen molar-refractivity contribution in [3.8, 4) is 23.8 Å². The SMILES string of the molecule is C#CC[C@@](O)(C#C[Si](C)(C)C)[C@H](O)COC(=O)C(C)(C)C. The molecule has 0 unspecified atom stereocenters. The third-order valence-corrected chi connectivity index (χ3v) is 3.44. The van der Waals surface area contributed by atoms with Crippen LogP contribution in [-0.2, 0) is 9.53 Å². The first-order chi connectivity index (χ1) is 9.32. The summed E-state index contributed by atoms with van der Waals surface area (Å²) in [4.78, 5) is 11.7. The van der Waals surface area contributed by atoms with Gasteiger partial charge >= 0.3 is 5.97 Å². The quantitative estimate of drug-likeness (QED) is 0.470. The van der Waals surface area contributed by atoms with E-state index in [4.69, 9.17) is 11.2 Å². The molecule has 0 rings (SSSR count). The third-order valence-electron chi connectivity index (χ3n) is 2.56. The van der Waals surface area contributed by atoms with Crippen molar-refractivity contribution >= 4 is 14.0 Å². The van der Waals surface area contributed by atoms with Crippen LogP contribution in [0.3, 0.4) is 0 Å². The Bertz CT molecular complexity index is 468. The van der Waals surface area contributed by atoms with E-state index < -0.39 is 31.2 Å². The second-order valence-electron chi connectivity index (χ2n) is 7.17. The van der Waals surface area contributed by atoms with Crippen LogP contribution >= 0.6 is 0 Å². The molecule has 0 aromatic heterocycles. The minimum atomic E-state index is -1.76. The van der Waals surface area contributed by atoms with Gasteiger partial charge in [0.25, 0.3) is 0 Å². The molecule has 0 saturated heterocycles. The zero-order valence-electron chi connectivity index (χ0n) is 13.8. The molecule has 0 amide bonds. The monoisotopic (exact) mass is 310 g/mol. The molecule has 0 bridgehead atoms. The molecule has 2 N–H and O–H groups in total. The largest absolute Gasteiger partial charge is 0.462 e. The molecule has 118 valence electrons. The zero-order chi connectivity index (χ0) is 16.9. The van der Waals surface area contributed by atoms with Crippen LogP contribution < -0.4 is 0 Å². The summed E-state index contributed by atoms with van der Waals surface area (Å²) in [5.41, 5.74) is 0.559. The average Bonchev–Trinajstić information content (AvgIpc) is 2.31. The molecular formula is C16H26O4Si. The number of aliphatic hydroxyl groups excluding tert-OH is 1. The van der Waals surface area contributed by atoms with E-state index in [0.717, 1.165) is 0 Å². The van der Waals surface area contributed by atoms with Gasteiger partial charge in [0.2, 0.25) is 0 Å². The number of ether oxygens (including phenoxy) is 1. The molecule has 0 aliphatic carbocycles. The van der Waals surface area contributed by atoms with Gasteiger partial charge in [0.1, 0.15) is 20.8 Å². The van der Waals surface area contributed by atoms with Crippen molar-refractivity contribution in [1.29, 1.82) is 0 Å². The molecule has 2 atom stereocenters. The predicted molar refractivity (Wildman–Crippen MR) is 85.9 cm³/mol. The first-order valence-corrected chi connectivity index (χ1v) is 10.4. The summed E-state index contributed by atoms with van der Waals surface area (Å²) >= 11 is 0. The maximum absolute atomic E-state index is 11.7. The van der Waals surface area contributed by atoms with E-state index in [1.807, 2.05) is 19.6 Å². The van der Waals surface area contributed by atoms with Crippen LogP contribution in [0.1, 0.15) is 27.2 Å². The summed E-state index contributed by atoms with van der Waals surface area (Å²) in [5, 5.41) is 20.5. The molecule has 0 fully saturated rings. The van der Waals surface area contributed by atoms with E-state index in [2.05, 4.69) is 17.4 Å². The minimum absolute atomic E-state index is 0.126. The highest BCUT2D eigenvalue weighted by molar-refractivity contribution is 6.83. The lowest BCUT2D eigenvalue weighted by molar-refractivity contribution is -0.160. The molecular weight excluding hydrogens is 284 g/mol. The Hall–Kier alpha value is -1.27. The molecule has 0 aliphatic rings. The van der Waals surface area contributed by atoms with Crippen molar-refractivity contribution in [1.82, 2.24) is 0 Å². The van der Waals surface area contributed by atoms with Crippen molar-refractivity contribution in [3.05, 3.63) is 0 Å². The van der Waals surface area contributed by atoms with E-state index in [1.54, 1.807) is 20.8 Å². The fraction of sp³-hybridized carbons (Fsp3) is 0.688. The zero-order valence-corrected chi connectivity index (χ0v) is 14.8. The molecule has 0 radical (unpaired) electrons. The first-order valence-electron chi connectivity index (χ1n) is 6.87. The minimum Gasteiger partial charge on any atom is -0.462 e. The number of esters is 1. The number of hydrogen-bond acceptors (Lipinski definition) is 4. The smallest absolute Gasteiger partial charge is 0.311 e. The maximum Gasteiger partial charge on any atom is 0.311 e. The van der Waals surface area contributed by atoms with Crippen LogP contribution in [0.25, 0.3) is 0 Å². The fourth-order valence-electron chi connectivity index (χ4n) is 1.21. The van der Waals surface area contributed by atoms with Gasteiger partial charge in [-0.05, 0) is 20.8 Å². The van der Waals surface area contributed by atoms with Crippen LogP contribution in [0.2, 0.25) is 19.6 Å². The normalized spacial score (nSPS) is 16.0. The van der Waals surface area contributed by atoms with E-state index >= 15 is 0 Å². The van der Waals surface area contributed by atoms with Gasteiger partial charge in [-0.2, -0.15) is 0 Å². The van der Waals surface area contributed by atoms with Crippen LogP contribution in [0.4, 0.5) is 0 Å². The van der Waals surface area contributed by atoms with Gasteiger partial charge < -0.3 is 14.9 Å². The Morgan fingerprint density at radius 2 is 1.86 bits per heavy atom. The van der Waals surface area contributed by atoms with Crippen molar-refractivity contribution < 1.29 is 19.7 Å². The van der Waals surface area contributed by atoms with Crippen molar-refractivity contribution in [2.24, 2.45) is 5.41 Å². The lowest BCUT2D eigenvalue weighted by atomic mass is 9.94. The Labute approximate surface area is 128 Å². The maximum atomic E-state index is 11.7. The molecule has 21 heavy (non-hydrogen) atoms. The van der Waals surface area contributed by atoms with Gasteiger partial charge in [0.05, 0.1) is 11.8 Å². The predicted octanol–water partition coefficient (Wildman–Crippen LogP) is 1.57. The van der Waals surface area contributed by atoms with E-state index in [-0.39, 0.29) is 13.0 Å². The standard InChI is InChI=1S/C16H26O4Si/c1-8-9-16(19,10-11-21(5,6)7)13(17)12-20-14(18)15(2,3)4/h1,13,17,19H,9,12H2,2-7H3/t13-,16-/m1/s1. The van der Waals surface area contributed by atoms with Crippen molar-refractivity contribution in [2.75, 3.05) is 6.61 Å². The molecule has 0 aromatic rings. The van der Waals surface area contributed by atoms with Gasteiger partial charge in [0, 0.05) is 0 Å². The topological polar surface area (TPSA) is 66.8 Å². The highest BCUT2D eigenvalue weighted by atomic mass is 28.3. The van der Waals surface area contributed by atoms with E-state index in [9.17, 15) is 15.0 Å². The van der Waals surface area contributed by atoms with Gasteiger partial charge in [-0.25, -0.2) is 0 Å². The summed E-state index contributed by atoms with van der Waals surface area (Å²) in [6.07, 6.45) is 3.76. The molecule has 0 spiro atoms. The Morgan fingerprint density at radius 1 is 1.33 bits per heavy atom. The summed E-state index contributed by atoms with van der Waals surface area (Å²) in [7, 11) is -1.73. The summed E-state index contributed by atoms with van der Waals surface area (Å²) in [6, 6.07) is 0. The lowest BCUT2D eigenvalue weighted by Gasteiger charge is -2.27. The molecule has 0 saturated carbocycles. The van der Waals surface area contributed by atoms with Gasteiger partial charge in [-0.15, -0.1) is 17.9 Å². The summed E-state index contributed by atoms with van der Waals surface area (Å²) in [5.74, 6) is 4.53. The lowest BCUT2D eigenvalue weighted by Crippen LogP contribution is -2.45. The number of carbonyl (C=O) groups is 1. The molecule has 0 aliphatic heterocycles. The first kappa shape index (κ1) is 19.7. The molecule has 4 nitrogen and oxygen atoms in total. The number of hydrogen-bond donors (Lipinski definition) is 2. The molecule has 0 aromatic carbocycles. The van der Waals surface area contributed by atoms with Gasteiger partial charge in [-0.1, -0.05) is 25.6 Å². The summed E-state index contributed by atoms with van der Waals surface area (Å²) in [6.45, 7) is 10.8. The molecule has 5 heteroatoms. The second-order valence-corrected chi connectivity index (χ2v) is 11.9. The summed E-state index contributed by atoms with van der Waals surface area (Å²) < 4.78 is 5.02. The van der Waals surface area contributed by atoms with Crippen LogP contribution in [0.5, 0.6) is 0 Å². The number of rotatable bonds is 4. The van der Waals surface area contributed by atoms with E-state index in [0.29, 0.717) is 0 Å². The van der Waals surface area contributed by atoms with Gasteiger partial charge in [0.15, 0.2) is 5.60 Å². The van der Waals surface area contributed by atoms with E-state index in [1.165, 1.54) is 0 Å². The van der Waals surface area contributed by atoms with Crippen molar-refractivity contribution in [3.63, 3.8) is 0 Å². The number of terminal acetylenes is 1. The fourth-order valence-corrected chi connectivity index (χ4v) is 1.80. The Balaban J connectivity index is 5.00. The Kier molecular flexibility index (Phi) is 6.70. The second kappa shape index (κ2) is 7.13. The Morgan fingerprint density at radius 3 is 2.24 bits per heavy atom. The number of carbonyl (C=O) groups excluding carboxylic acids is 1. The number of aliphatic hydroxyl groups is 2. The highest BCUT2D eigenvalue weighted by Crippen LogP contribution is 2.19. The van der Waals surface area contributed by atoms with Crippen LogP contribution in [0, 0.1) is 29.2 Å². The van der Waals surface area contributed by atoms with Crippen LogP contribution in [0.15, 0.2) is 0 Å². The average molecular weight is 310 g/mol. The van der Waals surface area contributed by atoms with Crippen LogP contribution in [-0.4, -0.2) is 42.6 Å². The highest BCUT2D eigenvalue weighted by Gasteiger charge is 2.35. The van der Waals surface area contributed by atoms with Crippen molar-refractivity contribution in [2.45, 2.75) is 58.5 Å². The third kappa shape index (κ3) is 7.33. The van der Waals surface area contributed by atoms with Gasteiger partial charge in [-0.3, -0.25) is 4.79 Å².